The highest BCUT2D eigenvalue weighted by Gasteiger charge is 2.23. The molecule has 104 valence electrons. The number of rotatable bonds is 5. The topological polar surface area (TPSA) is 78.6 Å². The summed E-state index contributed by atoms with van der Waals surface area (Å²) in [7, 11) is 0. The van der Waals surface area contributed by atoms with E-state index < -0.39 is 18.0 Å². The van der Waals surface area contributed by atoms with Gasteiger partial charge in [-0.1, -0.05) is 18.5 Å². The van der Waals surface area contributed by atoms with Gasteiger partial charge in [-0.05, 0) is 31.5 Å². The number of ether oxygens (including phenoxy) is 2. The van der Waals surface area contributed by atoms with Crippen LogP contribution in [0.1, 0.15) is 30.6 Å². The predicted octanol–water partition coefficient (Wildman–Crippen LogP) is 2.42. The number of hydrogen-bond donors (Lipinski definition) is 1. The molecule has 0 aromatic heterocycles. The van der Waals surface area contributed by atoms with Gasteiger partial charge >= 0.3 is 11.9 Å². The number of esters is 2. The Morgan fingerprint density at radius 1 is 1.37 bits per heavy atom. The Balaban J connectivity index is 2.77. The molecule has 5 nitrogen and oxygen atoms in total. The average molecular weight is 286 g/mol. The summed E-state index contributed by atoms with van der Waals surface area (Å²) in [6.45, 7) is 3.65. The summed E-state index contributed by atoms with van der Waals surface area (Å²) >= 11 is 5.76. The van der Waals surface area contributed by atoms with Crippen LogP contribution in [0.5, 0.6) is 0 Å². The molecular weight excluding hydrogens is 270 g/mol. The first-order valence-corrected chi connectivity index (χ1v) is 6.30. The number of nitrogens with two attached hydrogens (primary N) is 1. The van der Waals surface area contributed by atoms with Crippen LogP contribution in [0.25, 0.3) is 0 Å². The Hall–Kier alpha value is -1.75. The first kappa shape index (κ1) is 15.3. The lowest BCUT2D eigenvalue weighted by atomic mass is 10.2. The van der Waals surface area contributed by atoms with Crippen LogP contribution in [-0.4, -0.2) is 24.6 Å². The van der Waals surface area contributed by atoms with Crippen LogP contribution in [-0.2, 0) is 14.3 Å². The van der Waals surface area contributed by atoms with Gasteiger partial charge in [0.1, 0.15) is 0 Å². The summed E-state index contributed by atoms with van der Waals surface area (Å²) in [5.41, 5.74) is 6.12. The van der Waals surface area contributed by atoms with Gasteiger partial charge in [0.25, 0.3) is 0 Å². The fraction of sp³-hybridized carbons (Fsp3) is 0.385. The van der Waals surface area contributed by atoms with Crippen molar-refractivity contribution in [2.24, 2.45) is 0 Å². The maximum Gasteiger partial charge on any atom is 0.347 e. The Morgan fingerprint density at radius 2 is 2.05 bits per heavy atom. The molecule has 19 heavy (non-hydrogen) atoms. The third-order valence-electron chi connectivity index (χ3n) is 2.40. The van der Waals surface area contributed by atoms with Crippen molar-refractivity contribution in [1.29, 1.82) is 0 Å². The van der Waals surface area contributed by atoms with Crippen molar-refractivity contribution in [3.8, 4) is 0 Å². The molecule has 1 aromatic rings. The summed E-state index contributed by atoms with van der Waals surface area (Å²) in [4.78, 5) is 23.4. The van der Waals surface area contributed by atoms with E-state index in [-0.39, 0.29) is 17.9 Å². The third-order valence-corrected chi connectivity index (χ3v) is 2.75. The van der Waals surface area contributed by atoms with E-state index in [0.29, 0.717) is 11.4 Å². The number of anilines is 1. The van der Waals surface area contributed by atoms with Crippen molar-refractivity contribution >= 4 is 29.2 Å². The van der Waals surface area contributed by atoms with E-state index in [4.69, 9.17) is 26.8 Å². The second-order valence-electron chi connectivity index (χ2n) is 3.79. The Bertz CT molecular complexity index is 476. The summed E-state index contributed by atoms with van der Waals surface area (Å²) in [6.07, 6.45) is -0.572. The number of halogens is 1. The SMILES string of the molecule is CCOC(=O)C(CC)OC(=O)c1ccc(Cl)c(N)c1. The summed E-state index contributed by atoms with van der Waals surface area (Å²) < 4.78 is 9.90. The van der Waals surface area contributed by atoms with Crippen molar-refractivity contribution in [1.82, 2.24) is 0 Å². The minimum atomic E-state index is -0.913. The van der Waals surface area contributed by atoms with Gasteiger partial charge in [0.05, 0.1) is 22.9 Å². The fourth-order valence-electron chi connectivity index (χ4n) is 1.40. The smallest absolute Gasteiger partial charge is 0.347 e. The van der Waals surface area contributed by atoms with Crippen LogP contribution in [0, 0.1) is 0 Å². The molecule has 1 aromatic carbocycles. The van der Waals surface area contributed by atoms with Crippen LogP contribution in [0.4, 0.5) is 5.69 Å². The van der Waals surface area contributed by atoms with E-state index in [9.17, 15) is 9.59 Å². The lowest BCUT2D eigenvalue weighted by Gasteiger charge is -2.14. The van der Waals surface area contributed by atoms with Crippen LogP contribution < -0.4 is 5.73 Å². The first-order valence-electron chi connectivity index (χ1n) is 5.92. The monoisotopic (exact) mass is 285 g/mol. The highest BCUT2D eigenvalue weighted by atomic mass is 35.5. The quantitative estimate of drug-likeness (QED) is 0.664. The fourth-order valence-corrected chi connectivity index (χ4v) is 1.52. The number of benzene rings is 1. The third kappa shape index (κ3) is 4.13. The zero-order chi connectivity index (χ0) is 14.4. The Kier molecular flexibility index (Phi) is 5.63. The van der Waals surface area contributed by atoms with Crippen molar-refractivity contribution < 1.29 is 19.1 Å². The van der Waals surface area contributed by atoms with Crippen LogP contribution >= 0.6 is 11.6 Å². The molecule has 1 unspecified atom stereocenters. The van der Waals surface area contributed by atoms with Crippen LogP contribution in [0.3, 0.4) is 0 Å². The van der Waals surface area contributed by atoms with Crippen LogP contribution in [0.2, 0.25) is 5.02 Å². The molecule has 1 atom stereocenters. The van der Waals surface area contributed by atoms with E-state index in [1.807, 2.05) is 0 Å². The van der Waals surface area contributed by atoms with Gasteiger partial charge in [-0.15, -0.1) is 0 Å². The van der Waals surface area contributed by atoms with Gasteiger partial charge in [-0.25, -0.2) is 9.59 Å². The van der Waals surface area contributed by atoms with E-state index in [1.54, 1.807) is 13.8 Å². The second kappa shape index (κ2) is 6.99. The van der Waals surface area contributed by atoms with Gasteiger partial charge in [0.2, 0.25) is 0 Å². The van der Waals surface area contributed by atoms with Gasteiger partial charge in [0.15, 0.2) is 6.10 Å². The summed E-state index contributed by atoms with van der Waals surface area (Å²) in [5.74, 6) is -1.19. The van der Waals surface area contributed by atoms with Crippen molar-refractivity contribution in [2.75, 3.05) is 12.3 Å². The number of hydrogen-bond acceptors (Lipinski definition) is 5. The molecule has 0 aliphatic rings. The minimum Gasteiger partial charge on any atom is -0.463 e. The zero-order valence-corrected chi connectivity index (χ0v) is 11.6. The molecule has 0 fully saturated rings. The summed E-state index contributed by atoms with van der Waals surface area (Å²) in [5, 5.41) is 0.356. The molecule has 6 heteroatoms. The lowest BCUT2D eigenvalue weighted by molar-refractivity contribution is -0.153. The Morgan fingerprint density at radius 3 is 2.58 bits per heavy atom. The molecule has 0 amide bonds. The molecule has 0 bridgehead atoms. The number of carbonyl (C=O) groups is 2. The molecule has 0 spiro atoms. The number of nitrogen functional groups attached to an aromatic ring is 1. The van der Waals surface area contributed by atoms with Gasteiger partial charge in [-0.2, -0.15) is 0 Å². The summed E-state index contributed by atoms with van der Waals surface area (Å²) in [6, 6.07) is 4.39. The molecular formula is C13H16ClNO4. The largest absolute Gasteiger partial charge is 0.463 e. The van der Waals surface area contributed by atoms with Crippen molar-refractivity contribution in [3.63, 3.8) is 0 Å². The highest BCUT2D eigenvalue weighted by Crippen LogP contribution is 2.20. The predicted molar refractivity (Wildman–Crippen MR) is 72.0 cm³/mol. The van der Waals surface area contributed by atoms with Crippen molar-refractivity contribution in [3.05, 3.63) is 28.8 Å². The zero-order valence-electron chi connectivity index (χ0n) is 10.8. The maximum atomic E-state index is 11.9. The molecule has 1 rings (SSSR count). The number of carbonyl (C=O) groups excluding carboxylic acids is 2. The Labute approximate surface area is 116 Å². The molecule has 0 aliphatic heterocycles. The van der Waals surface area contributed by atoms with E-state index in [1.165, 1.54) is 18.2 Å². The first-order chi connectivity index (χ1) is 8.99. The minimum absolute atomic E-state index is 0.237. The standard InChI is InChI=1S/C13H16ClNO4/c1-3-11(13(17)18-4-2)19-12(16)8-5-6-9(14)10(15)7-8/h5-7,11H,3-4,15H2,1-2H3. The average Bonchev–Trinajstić information content (AvgIpc) is 2.39. The molecule has 0 heterocycles. The molecule has 2 N–H and O–H groups in total. The lowest BCUT2D eigenvalue weighted by Crippen LogP contribution is -2.28. The molecule has 0 radical (unpaired) electrons. The van der Waals surface area contributed by atoms with Gasteiger partial charge in [0, 0.05) is 0 Å². The maximum absolute atomic E-state index is 11.9. The van der Waals surface area contributed by atoms with Crippen LogP contribution in [0.15, 0.2) is 18.2 Å². The normalized spacial score (nSPS) is 11.7. The van der Waals surface area contributed by atoms with E-state index >= 15 is 0 Å². The van der Waals surface area contributed by atoms with Crippen molar-refractivity contribution in [2.45, 2.75) is 26.4 Å². The van der Waals surface area contributed by atoms with E-state index in [0.717, 1.165) is 0 Å². The van der Waals surface area contributed by atoms with Gasteiger partial charge < -0.3 is 15.2 Å². The molecule has 0 aliphatic carbocycles. The molecule has 0 saturated heterocycles. The highest BCUT2D eigenvalue weighted by molar-refractivity contribution is 6.33. The van der Waals surface area contributed by atoms with Gasteiger partial charge in [-0.3, -0.25) is 0 Å². The molecule has 0 saturated carbocycles. The second-order valence-corrected chi connectivity index (χ2v) is 4.20. The van der Waals surface area contributed by atoms with E-state index in [2.05, 4.69) is 0 Å².